The molecule has 0 unspecified atom stereocenters. The molecule has 0 saturated carbocycles. The summed E-state index contributed by atoms with van der Waals surface area (Å²) >= 11 is 0. The topological polar surface area (TPSA) is 0 Å². The molecular formula is C20H10F4. The van der Waals surface area contributed by atoms with E-state index in [9.17, 15) is 17.6 Å². The molecule has 0 heterocycles. The van der Waals surface area contributed by atoms with Crippen LogP contribution in [0.1, 0.15) is 16.7 Å². The average Bonchev–Trinajstić information content (AvgIpc) is 2.57. The maximum atomic E-state index is 13.9. The Morgan fingerprint density at radius 3 is 2.17 bits per heavy atom. The van der Waals surface area contributed by atoms with Gasteiger partial charge in [0.1, 0.15) is 11.6 Å². The molecule has 0 aliphatic heterocycles. The lowest BCUT2D eigenvalue weighted by Gasteiger charge is -2.02. The number of fused-ring (bicyclic) bond motifs is 1. The quantitative estimate of drug-likeness (QED) is 0.413. The lowest BCUT2D eigenvalue weighted by Crippen LogP contribution is -1.92. The zero-order valence-corrected chi connectivity index (χ0v) is 12.3. The Hall–Kier alpha value is -3.06. The first-order valence-corrected chi connectivity index (χ1v) is 7.01. The molecule has 118 valence electrons. The Morgan fingerprint density at radius 1 is 0.792 bits per heavy atom. The Bertz CT molecular complexity index is 1000. The smallest absolute Gasteiger partial charge is 0.166 e. The number of rotatable bonds is 1. The molecule has 3 aromatic carbocycles. The van der Waals surface area contributed by atoms with Gasteiger partial charge in [-0.3, -0.25) is 0 Å². The second-order valence-electron chi connectivity index (χ2n) is 5.11. The van der Waals surface area contributed by atoms with Crippen molar-refractivity contribution < 1.29 is 17.6 Å². The van der Waals surface area contributed by atoms with Crippen LogP contribution in [0.2, 0.25) is 0 Å². The largest absolute Gasteiger partial charge is 0.205 e. The molecule has 0 atom stereocenters. The first-order valence-electron chi connectivity index (χ1n) is 7.01. The van der Waals surface area contributed by atoms with Gasteiger partial charge in [0.25, 0.3) is 0 Å². The molecule has 3 rings (SSSR count). The molecule has 0 amide bonds. The van der Waals surface area contributed by atoms with Crippen LogP contribution >= 0.6 is 0 Å². The minimum atomic E-state index is -0.941. The van der Waals surface area contributed by atoms with Crippen LogP contribution < -0.4 is 0 Å². The first kappa shape index (κ1) is 15.8. The molecule has 0 fully saturated rings. The number of hydrogen-bond donors (Lipinski definition) is 0. The van der Waals surface area contributed by atoms with Gasteiger partial charge in [-0.2, -0.15) is 0 Å². The summed E-state index contributed by atoms with van der Waals surface area (Å²) in [4.78, 5) is 0. The van der Waals surface area contributed by atoms with Crippen LogP contribution in [0.4, 0.5) is 17.6 Å². The van der Waals surface area contributed by atoms with Crippen molar-refractivity contribution in [3.63, 3.8) is 0 Å². The van der Waals surface area contributed by atoms with Gasteiger partial charge >= 0.3 is 0 Å². The van der Waals surface area contributed by atoms with E-state index in [-0.39, 0.29) is 10.9 Å². The Morgan fingerprint density at radius 2 is 1.50 bits per heavy atom. The van der Waals surface area contributed by atoms with E-state index in [2.05, 4.69) is 18.4 Å². The lowest BCUT2D eigenvalue weighted by molar-refractivity contribution is 0.517. The van der Waals surface area contributed by atoms with E-state index in [1.54, 1.807) is 0 Å². The number of hydrogen-bond acceptors (Lipinski definition) is 0. The van der Waals surface area contributed by atoms with Crippen molar-refractivity contribution >= 4 is 16.8 Å². The van der Waals surface area contributed by atoms with E-state index in [0.717, 1.165) is 18.2 Å². The summed E-state index contributed by atoms with van der Waals surface area (Å²) in [5, 5.41) is 0.567. The zero-order valence-electron chi connectivity index (χ0n) is 12.3. The van der Waals surface area contributed by atoms with Gasteiger partial charge in [0, 0.05) is 10.9 Å². The Balaban J connectivity index is 2.04. The normalized spacial score (nSPS) is 10.3. The van der Waals surface area contributed by atoms with Crippen molar-refractivity contribution in [2.75, 3.05) is 0 Å². The lowest BCUT2D eigenvalue weighted by atomic mass is 10.1. The molecule has 0 aliphatic rings. The SMILES string of the molecule is C=Cc1cc(F)c(C#Cc2ccc3c(F)c(F)ccc3c2)c(F)c1. The van der Waals surface area contributed by atoms with Crippen molar-refractivity contribution in [1.29, 1.82) is 0 Å². The standard InChI is InChI=1S/C20H10F4/c1-2-12-10-18(22)16(19(23)11-12)7-4-13-3-6-15-14(9-13)5-8-17(21)20(15)24/h2-3,5-6,8-11H,1H2. The second-order valence-corrected chi connectivity index (χ2v) is 5.11. The van der Waals surface area contributed by atoms with Crippen molar-refractivity contribution in [1.82, 2.24) is 0 Å². The van der Waals surface area contributed by atoms with Gasteiger partial charge in [0.05, 0.1) is 5.56 Å². The molecule has 0 bridgehead atoms. The highest BCUT2D eigenvalue weighted by Gasteiger charge is 2.09. The van der Waals surface area contributed by atoms with Crippen LogP contribution in [0.5, 0.6) is 0 Å². The third kappa shape index (κ3) is 2.89. The van der Waals surface area contributed by atoms with E-state index in [4.69, 9.17) is 0 Å². The molecule has 0 aromatic heterocycles. The molecular weight excluding hydrogens is 316 g/mol. The van der Waals surface area contributed by atoms with Gasteiger partial charge in [0.15, 0.2) is 11.6 Å². The highest BCUT2D eigenvalue weighted by molar-refractivity contribution is 5.84. The highest BCUT2D eigenvalue weighted by atomic mass is 19.2. The fourth-order valence-corrected chi connectivity index (χ4v) is 2.31. The monoisotopic (exact) mass is 326 g/mol. The molecule has 0 radical (unpaired) electrons. The summed E-state index contributed by atoms with van der Waals surface area (Å²) in [6, 6.07) is 9.08. The fourth-order valence-electron chi connectivity index (χ4n) is 2.31. The van der Waals surface area contributed by atoms with Crippen LogP contribution in [0.3, 0.4) is 0 Å². The number of benzene rings is 3. The Kier molecular flexibility index (Phi) is 4.09. The molecule has 0 nitrogen and oxygen atoms in total. The summed E-state index contributed by atoms with van der Waals surface area (Å²) in [6.45, 7) is 3.45. The molecule has 0 spiro atoms. The summed E-state index contributed by atoms with van der Waals surface area (Å²) in [5.41, 5.74) is 0.393. The zero-order chi connectivity index (χ0) is 17.3. The molecule has 24 heavy (non-hydrogen) atoms. The van der Waals surface area contributed by atoms with Gasteiger partial charge in [-0.15, -0.1) is 0 Å². The summed E-state index contributed by atoms with van der Waals surface area (Å²) in [6.07, 6.45) is 1.33. The third-order valence-corrected chi connectivity index (χ3v) is 3.54. The van der Waals surface area contributed by atoms with Crippen LogP contribution in [-0.4, -0.2) is 0 Å². The van der Waals surface area contributed by atoms with E-state index < -0.39 is 23.3 Å². The van der Waals surface area contributed by atoms with Gasteiger partial charge < -0.3 is 0 Å². The van der Waals surface area contributed by atoms with Crippen LogP contribution in [0.25, 0.3) is 16.8 Å². The van der Waals surface area contributed by atoms with Gasteiger partial charge in [-0.25, -0.2) is 17.6 Å². The van der Waals surface area contributed by atoms with Crippen LogP contribution in [0, 0.1) is 35.1 Å². The average molecular weight is 326 g/mol. The molecule has 0 aliphatic carbocycles. The van der Waals surface area contributed by atoms with E-state index in [0.29, 0.717) is 16.5 Å². The summed E-state index contributed by atoms with van der Waals surface area (Å²) in [5.74, 6) is 1.62. The van der Waals surface area contributed by atoms with Gasteiger partial charge in [-0.05, 0) is 41.3 Å². The third-order valence-electron chi connectivity index (χ3n) is 3.54. The predicted octanol–water partition coefficient (Wildman–Crippen LogP) is 5.44. The number of halogens is 4. The molecule has 3 aromatic rings. The minimum Gasteiger partial charge on any atom is -0.205 e. The van der Waals surface area contributed by atoms with Crippen LogP contribution in [-0.2, 0) is 0 Å². The van der Waals surface area contributed by atoms with Crippen molar-refractivity contribution in [2.24, 2.45) is 0 Å². The van der Waals surface area contributed by atoms with E-state index in [1.165, 1.54) is 30.3 Å². The highest BCUT2D eigenvalue weighted by Crippen LogP contribution is 2.21. The van der Waals surface area contributed by atoms with Crippen molar-refractivity contribution in [3.8, 4) is 11.8 Å². The fraction of sp³-hybridized carbons (Fsp3) is 0. The maximum Gasteiger partial charge on any atom is 0.166 e. The van der Waals surface area contributed by atoms with E-state index in [1.807, 2.05) is 0 Å². The Labute approximate surface area is 136 Å². The van der Waals surface area contributed by atoms with Gasteiger partial charge in [-0.1, -0.05) is 36.6 Å². The van der Waals surface area contributed by atoms with Gasteiger partial charge in [0.2, 0.25) is 0 Å². The predicted molar refractivity (Wildman–Crippen MR) is 86.3 cm³/mol. The molecule has 4 heteroatoms. The van der Waals surface area contributed by atoms with Crippen molar-refractivity contribution in [3.05, 3.63) is 89.0 Å². The summed E-state index contributed by atoms with van der Waals surface area (Å²) < 4.78 is 54.6. The van der Waals surface area contributed by atoms with E-state index >= 15 is 0 Å². The van der Waals surface area contributed by atoms with Crippen molar-refractivity contribution in [2.45, 2.75) is 0 Å². The molecule has 0 saturated heterocycles. The minimum absolute atomic E-state index is 0.119. The molecule has 0 N–H and O–H groups in total. The maximum absolute atomic E-state index is 13.9. The summed E-state index contributed by atoms with van der Waals surface area (Å²) in [7, 11) is 0. The first-order chi connectivity index (χ1) is 11.5. The second kappa shape index (κ2) is 6.21. The van der Waals surface area contributed by atoms with Crippen LogP contribution in [0.15, 0.2) is 49.0 Å².